The van der Waals surface area contributed by atoms with E-state index in [9.17, 15) is 9.59 Å². The number of fused-ring (bicyclic) bond motifs is 1. The van der Waals surface area contributed by atoms with Gasteiger partial charge in [0.05, 0.1) is 12.0 Å². The maximum absolute atomic E-state index is 12.0. The quantitative estimate of drug-likeness (QED) is 0.547. The highest BCUT2D eigenvalue weighted by Crippen LogP contribution is 2.20. The zero-order valence-corrected chi connectivity index (χ0v) is 11.1. The molecule has 1 heterocycles. The second kappa shape index (κ2) is 5.24. The van der Waals surface area contributed by atoms with Gasteiger partial charge in [-0.1, -0.05) is 30.4 Å². The molecule has 0 spiro atoms. The molecule has 1 aliphatic heterocycles. The highest BCUT2D eigenvalue weighted by atomic mass is 16.2. The molecule has 1 aliphatic carbocycles. The zero-order chi connectivity index (χ0) is 14.8. The molecular formula is C15H14N4O2. The second-order valence-corrected chi connectivity index (χ2v) is 4.86. The molecule has 4 N–H and O–H groups in total. The topological polar surface area (TPSA) is 96.6 Å². The average Bonchev–Trinajstić information content (AvgIpc) is 2.80. The number of nitrogen functional groups attached to an aromatic ring is 1. The maximum atomic E-state index is 12.0. The molecule has 3 rings (SSSR count). The normalized spacial score (nSPS) is 24.8. The first-order valence-corrected chi connectivity index (χ1v) is 6.54. The Hall–Kier alpha value is -2.89. The van der Waals surface area contributed by atoms with Crippen molar-refractivity contribution in [2.24, 2.45) is 11.0 Å². The number of nitrogens with two attached hydrogens (primary N) is 1. The van der Waals surface area contributed by atoms with Crippen LogP contribution in [0, 0.1) is 5.92 Å². The molecule has 21 heavy (non-hydrogen) atoms. The Kier molecular flexibility index (Phi) is 3.27. The van der Waals surface area contributed by atoms with Gasteiger partial charge in [0.1, 0.15) is 5.71 Å². The third-order valence-electron chi connectivity index (χ3n) is 3.41. The third kappa shape index (κ3) is 2.55. The van der Waals surface area contributed by atoms with Gasteiger partial charge in [0, 0.05) is 11.3 Å². The predicted octanol–water partition coefficient (Wildman–Crippen LogP) is 0.595. The Bertz CT molecular complexity index is 691. The van der Waals surface area contributed by atoms with E-state index in [1.165, 1.54) is 0 Å². The molecule has 106 valence electrons. The van der Waals surface area contributed by atoms with Crippen LogP contribution in [-0.2, 0) is 4.79 Å². The number of hydrogen-bond donors (Lipinski definition) is 3. The fraction of sp³-hybridized carbons (Fsp3) is 0.133. The van der Waals surface area contributed by atoms with Crippen molar-refractivity contribution in [3.05, 3.63) is 54.1 Å². The van der Waals surface area contributed by atoms with Crippen LogP contribution in [0.25, 0.3) is 0 Å². The van der Waals surface area contributed by atoms with E-state index >= 15 is 0 Å². The van der Waals surface area contributed by atoms with Gasteiger partial charge in [-0.25, -0.2) is 5.43 Å². The molecule has 1 saturated heterocycles. The van der Waals surface area contributed by atoms with E-state index in [4.69, 9.17) is 5.73 Å². The number of carbonyl (C=O) groups is 2. The standard InChI is InChI=1S/C15H14N4O2/c16-10-5-3-4-9(8-10)14(20)19-18-13-11-6-1-2-7-12(11)17-15(13)21/h1-8,11-12H,16H2,(H,17,21)(H,19,20)/b18-13-/t11-,12-/m0/s1. The lowest BCUT2D eigenvalue weighted by atomic mass is 9.95. The van der Waals surface area contributed by atoms with Crippen LogP contribution < -0.4 is 16.5 Å². The van der Waals surface area contributed by atoms with E-state index in [0.717, 1.165) is 0 Å². The van der Waals surface area contributed by atoms with Crippen LogP contribution in [0.2, 0.25) is 0 Å². The minimum absolute atomic E-state index is 0.0921. The van der Waals surface area contributed by atoms with E-state index in [-0.39, 0.29) is 17.9 Å². The van der Waals surface area contributed by atoms with Gasteiger partial charge < -0.3 is 11.1 Å². The smallest absolute Gasteiger partial charge is 0.271 e. The third-order valence-corrected chi connectivity index (χ3v) is 3.41. The first-order chi connectivity index (χ1) is 10.1. The van der Waals surface area contributed by atoms with Gasteiger partial charge in [-0.3, -0.25) is 9.59 Å². The molecule has 0 saturated carbocycles. The monoisotopic (exact) mass is 282 g/mol. The number of nitrogens with zero attached hydrogens (tertiary/aromatic N) is 1. The number of rotatable bonds is 2. The summed E-state index contributed by atoms with van der Waals surface area (Å²) in [5.74, 6) is -0.820. The Morgan fingerprint density at radius 2 is 2.10 bits per heavy atom. The summed E-state index contributed by atoms with van der Waals surface area (Å²) in [5, 5.41) is 6.77. The summed E-state index contributed by atoms with van der Waals surface area (Å²) in [6.45, 7) is 0. The highest BCUT2D eigenvalue weighted by molar-refractivity contribution is 6.42. The Morgan fingerprint density at radius 3 is 2.90 bits per heavy atom. The molecule has 1 aromatic rings. The number of carbonyl (C=O) groups excluding carboxylic acids is 2. The predicted molar refractivity (Wildman–Crippen MR) is 79.5 cm³/mol. The van der Waals surface area contributed by atoms with Crippen LogP contribution in [-0.4, -0.2) is 23.6 Å². The first kappa shape index (κ1) is 13.1. The number of nitrogens with one attached hydrogen (secondary N) is 2. The summed E-state index contributed by atoms with van der Waals surface area (Å²) >= 11 is 0. The SMILES string of the molecule is Nc1cccc(C(=O)N/N=C2\C(=O)N[C@H]3C=CC=C[C@H]23)c1. The van der Waals surface area contributed by atoms with Crippen molar-refractivity contribution in [2.45, 2.75) is 6.04 Å². The van der Waals surface area contributed by atoms with E-state index in [2.05, 4.69) is 15.8 Å². The van der Waals surface area contributed by atoms with E-state index < -0.39 is 5.91 Å². The second-order valence-electron chi connectivity index (χ2n) is 4.86. The molecule has 2 amide bonds. The summed E-state index contributed by atoms with van der Waals surface area (Å²) in [4.78, 5) is 23.8. The van der Waals surface area contributed by atoms with Crippen molar-refractivity contribution >= 4 is 23.2 Å². The van der Waals surface area contributed by atoms with Crippen LogP contribution in [0.15, 0.2) is 53.7 Å². The Labute approximate surface area is 121 Å². The zero-order valence-electron chi connectivity index (χ0n) is 11.1. The number of hydrazone groups is 1. The molecule has 1 fully saturated rings. The number of amides is 2. The van der Waals surface area contributed by atoms with Gasteiger partial charge in [0.25, 0.3) is 11.8 Å². The van der Waals surface area contributed by atoms with Crippen LogP contribution in [0.1, 0.15) is 10.4 Å². The molecule has 1 aromatic carbocycles. The molecule has 2 atom stereocenters. The fourth-order valence-electron chi connectivity index (χ4n) is 2.36. The largest absolute Gasteiger partial charge is 0.399 e. The van der Waals surface area contributed by atoms with Crippen molar-refractivity contribution in [2.75, 3.05) is 5.73 Å². The fourth-order valence-corrected chi connectivity index (χ4v) is 2.36. The summed E-state index contributed by atoms with van der Waals surface area (Å²) in [6, 6.07) is 6.47. The molecule has 0 unspecified atom stereocenters. The number of anilines is 1. The van der Waals surface area contributed by atoms with E-state index in [0.29, 0.717) is 17.0 Å². The molecule has 6 heteroatoms. The molecule has 2 aliphatic rings. The molecule has 6 nitrogen and oxygen atoms in total. The van der Waals surface area contributed by atoms with Gasteiger partial charge in [-0.15, -0.1) is 0 Å². The Balaban J connectivity index is 1.76. The molecule has 0 aromatic heterocycles. The number of benzene rings is 1. The molecule has 0 radical (unpaired) electrons. The van der Waals surface area contributed by atoms with Gasteiger partial charge in [0.15, 0.2) is 0 Å². The maximum Gasteiger partial charge on any atom is 0.271 e. The summed E-state index contributed by atoms with van der Waals surface area (Å²) < 4.78 is 0. The molecule has 0 bridgehead atoms. The van der Waals surface area contributed by atoms with Gasteiger partial charge in [-0.2, -0.15) is 5.10 Å². The van der Waals surface area contributed by atoms with Crippen LogP contribution in [0.3, 0.4) is 0 Å². The lowest BCUT2D eigenvalue weighted by Crippen LogP contribution is -2.26. The summed E-state index contributed by atoms with van der Waals surface area (Å²) in [5.41, 5.74) is 9.23. The summed E-state index contributed by atoms with van der Waals surface area (Å²) in [6.07, 6.45) is 7.51. The van der Waals surface area contributed by atoms with Crippen molar-refractivity contribution in [3.63, 3.8) is 0 Å². The van der Waals surface area contributed by atoms with Crippen molar-refractivity contribution in [1.82, 2.24) is 10.7 Å². The van der Waals surface area contributed by atoms with E-state index in [1.807, 2.05) is 24.3 Å². The van der Waals surface area contributed by atoms with Crippen LogP contribution >= 0.6 is 0 Å². The van der Waals surface area contributed by atoms with Crippen LogP contribution in [0.5, 0.6) is 0 Å². The minimum Gasteiger partial charge on any atom is -0.399 e. The van der Waals surface area contributed by atoms with Crippen molar-refractivity contribution in [3.8, 4) is 0 Å². The van der Waals surface area contributed by atoms with Gasteiger partial charge >= 0.3 is 0 Å². The van der Waals surface area contributed by atoms with Gasteiger partial charge in [0.2, 0.25) is 0 Å². The van der Waals surface area contributed by atoms with Gasteiger partial charge in [-0.05, 0) is 18.2 Å². The van der Waals surface area contributed by atoms with E-state index in [1.54, 1.807) is 24.3 Å². The lowest BCUT2D eigenvalue weighted by molar-refractivity contribution is -0.114. The highest BCUT2D eigenvalue weighted by Gasteiger charge is 2.37. The number of allylic oxidation sites excluding steroid dienone is 2. The first-order valence-electron chi connectivity index (χ1n) is 6.54. The van der Waals surface area contributed by atoms with Crippen LogP contribution in [0.4, 0.5) is 5.69 Å². The lowest BCUT2D eigenvalue weighted by Gasteiger charge is -2.13. The van der Waals surface area contributed by atoms with Crippen molar-refractivity contribution < 1.29 is 9.59 Å². The number of hydrogen-bond acceptors (Lipinski definition) is 4. The summed E-state index contributed by atoms with van der Waals surface area (Å²) in [7, 11) is 0. The average molecular weight is 282 g/mol. The van der Waals surface area contributed by atoms with Crippen molar-refractivity contribution in [1.29, 1.82) is 0 Å². The Morgan fingerprint density at radius 1 is 1.29 bits per heavy atom. The molecular weight excluding hydrogens is 268 g/mol. The minimum atomic E-state index is -0.401.